The average molecular weight is 443 g/mol. The van der Waals surface area contributed by atoms with Gasteiger partial charge >= 0.3 is 157 Å². The second-order valence-corrected chi connectivity index (χ2v) is 21.7. The van der Waals surface area contributed by atoms with Crippen LogP contribution in [0, 0.1) is 0 Å². The van der Waals surface area contributed by atoms with E-state index in [2.05, 4.69) is 40.3 Å². The van der Waals surface area contributed by atoms with Crippen molar-refractivity contribution in [3.63, 3.8) is 0 Å². The van der Waals surface area contributed by atoms with Crippen LogP contribution in [0.15, 0.2) is 12.7 Å². The molecule has 0 aromatic heterocycles. The van der Waals surface area contributed by atoms with Gasteiger partial charge in [0.1, 0.15) is 0 Å². The minimum absolute atomic E-state index is 0.415. The summed E-state index contributed by atoms with van der Waals surface area (Å²) in [6.07, 6.45) is 15.2. The Labute approximate surface area is 156 Å². The van der Waals surface area contributed by atoms with Gasteiger partial charge in [-0.2, -0.15) is 0 Å². The van der Waals surface area contributed by atoms with E-state index in [1.54, 1.807) is 0 Å². The molecule has 0 aliphatic carbocycles. The maximum atomic E-state index is 13.1. The van der Waals surface area contributed by atoms with Crippen molar-refractivity contribution >= 4 is 24.2 Å². The third kappa shape index (κ3) is 9.06. The summed E-state index contributed by atoms with van der Waals surface area (Å²) < 4.78 is 4.72. The molecule has 1 unspecified atom stereocenters. The molecule has 0 radical (unpaired) electrons. The molecular formula is C22H44OSn. The Morgan fingerprint density at radius 1 is 0.833 bits per heavy atom. The van der Waals surface area contributed by atoms with E-state index in [-0.39, 0.29) is 0 Å². The zero-order valence-corrected chi connectivity index (χ0v) is 20.0. The normalized spacial score (nSPS) is 13.0. The Morgan fingerprint density at radius 3 is 1.67 bits per heavy atom. The van der Waals surface area contributed by atoms with Gasteiger partial charge in [0.25, 0.3) is 0 Å². The monoisotopic (exact) mass is 444 g/mol. The Hall–Kier alpha value is 0.209. The molecule has 0 aromatic carbocycles. The number of rotatable bonds is 17. The van der Waals surface area contributed by atoms with Crippen molar-refractivity contribution in [1.82, 2.24) is 0 Å². The van der Waals surface area contributed by atoms with Crippen LogP contribution >= 0.6 is 0 Å². The van der Waals surface area contributed by atoms with Crippen LogP contribution in [0.3, 0.4) is 0 Å². The van der Waals surface area contributed by atoms with Crippen molar-refractivity contribution in [2.75, 3.05) is 0 Å². The summed E-state index contributed by atoms with van der Waals surface area (Å²) in [5, 5.41) is 0. The second-order valence-electron chi connectivity index (χ2n) is 7.67. The first-order valence-electron chi connectivity index (χ1n) is 10.7. The van der Waals surface area contributed by atoms with Gasteiger partial charge in [0.2, 0.25) is 0 Å². The van der Waals surface area contributed by atoms with Crippen molar-refractivity contribution in [2.24, 2.45) is 0 Å². The van der Waals surface area contributed by atoms with Crippen molar-refractivity contribution < 1.29 is 4.79 Å². The van der Waals surface area contributed by atoms with Crippen molar-refractivity contribution in [1.29, 1.82) is 0 Å². The molecule has 0 amide bonds. The molecule has 0 aromatic rings. The Kier molecular flexibility index (Phi) is 15.6. The van der Waals surface area contributed by atoms with Crippen molar-refractivity contribution in [3.8, 4) is 0 Å². The van der Waals surface area contributed by atoms with Gasteiger partial charge in [-0.3, -0.25) is 0 Å². The molecule has 1 nitrogen and oxygen atoms in total. The van der Waals surface area contributed by atoms with Crippen molar-refractivity contribution in [3.05, 3.63) is 12.7 Å². The number of allylic oxidation sites excluding steroid dienone is 1. The van der Waals surface area contributed by atoms with Crippen LogP contribution in [0.5, 0.6) is 0 Å². The van der Waals surface area contributed by atoms with Gasteiger partial charge in [-0.15, -0.1) is 0 Å². The van der Waals surface area contributed by atoms with Gasteiger partial charge in [0.15, 0.2) is 0 Å². The molecule has 0 spiro atoms. The number of carbonyl (C=O) groups is 1. The van der Waals surface area contributed by atoms with Gasteiger partial charge < -0.3 is 0 Å². The van der Waals surface area contributed by atoms with E-state index in [1.807, 2.05) is 0 Å². The molecule has 1 atom stereocenters. The summed E-state index contributed by atoms with van der Waals surface area (Å²) in [7, 11) is 0. The van der Waals surface area contributed by atoms with Crippen LogP contribution in [-0.2, 0) is 4.79 Å². The van der Waals surface area contributed by atoms with Gasteiger partial charge in [-0.1, -0.05) is 0 Å². The Morgan fingerprint density at radius 2 is 1.29 bits per heavy atom. The van der Waals surface area contributed by atoms with E-state index in [0.29, 0.717) is 9.72 Å². The number of unbranched alkanes of at least 4 members (excludes halogenated alkanes) is 5. The van der Waals surface area contributed by atoms with E-state index in [1.165, 1.54) is 64.7 Å². The summed E-state index contributed by atoms with van der Waals surface area (Å²) >= 11 is -2.46. The van der Waals surface area contributed by atoms with Gasteiger partial charge in [-0.25, -0.2) is 0 Å². The molecular weight excluding hydrogens is 399 g/mol. The molecule has 0 N–H and O–H groups in total. The van der Waals surface area contributed by atoms with Crippen molar-refractivity contribution in [2.45, 2.75) is 116 Å². The van der Waals surface area contributed by atoms with E-state index in [4.69, 9.17) is 0 Å². The van der Waals surface area contributed by atoms with Gasteiger partial charge in [0.05, 0.1) is 0 Å². The van der Waals surface area contributed by atoms with Crippen LogP contribution in [0.2, 0.25) is 17.2 Å². The fourth-order valence-corrected chi connectivity index (χ4v) is 22.5. The number of hydrogen-bond donors (Lipinski definition) is 0. The van der Waals surface area contributed by atoms with Crippen LogP contribution in [0.25, 0.3) is 0 Å². The molecule has 0 fully saturated rings. The first kappa shape index (κ1) is 24.2. The van der Waals surface area contributed by atoms with Crippen LogP contribution in [0.4, 0.5) is 0 Å². The molecule has 0 rings (SSSR count). The number of ketones is 1. The van der Waals surface area contributed by atoms with Crippen LogP contribution in [-0.4, -0.2) is 24.2 Å². The molecule has 0 saturated carbocycles. The van der Waals surface area contributed by atoms with E-state index < -0.39 is 18.4 Å². The van der Waals surface area contributed by atoms with Crippen LogP contribution in [0.1, 0.15) is 98.3 Å². The van der Waals surface area contributed by atoms with Gasteiger partial charge in [-0.05, 0) is 0 Å². The minimum atomic E-state index is -2.46. The van der Waals surface area contributed by atoms with Gasteiger partial charge in [0, 0.05) is 0 Å². The number of hydrogen-bond acceptors (Lipinski definition) is 1. The van der Waals surface area contributed by atoms with Crippen LogP contribution < -0.4 is 0 Å². The topological polar surface area (TPSA) is 17.1 Å². The summed E-state index contributed by atoms with van der Waals surface area (Å²) in [4.78, 5) is 13.1. The predicted molar refractivity (Wildman–Crippen MR) is 113 cm³/mol. The molecule has 0 heterocycles. The molecule has 0 aliphatic rings. The molecule has 2 heteroatoms. The molecule has 142 valence electrons. The summed E-state index contributed by atoms with van der Waals surface area (Å²) in [6.45, 7) is 13.2. The zero-order chi connectivity index (χ0) is 18.3. The standard InChI is InChI=1S/C10H17O.3C4H9.Sn/c1-3-5-7-9-10(11)8-6-4-2;3*1-3-4-2;/h4,8H,2-3,5-7,9H2,1H3;3*1,3-4H2,2H3;. The molecule has 0 bridgehead atoms. The SMILES string of the molecule is C=CC[CH](C(=O)CCCCC)[Sn]([CH2]CCC)([CH2]CCC)[CH2]CCC. The fourth-order valence-electron chi connectivity index (χ4n) is 4.10. The second kappa shape index (κ2) is 15.5. The summed E-state index contributed by atoms with van der Waals surface area (Å²) in [5.74, 6) is 0.613. The summed E-state index contributed by atoms with van der Waals surface area (Å²) in [5.41, 5.74) is 0. The Bertz CT molecular complexity index is 302. The fraction of sp³-hybridized carbons (Fsp3) is 0.864. The third-order valence-electron chi connectivity index (χ3n) is 5.64. The number of carbonyl (C=O) groups excluding carboxylic acids is 1. The van der Waals surface area contributed by atoms with E-state index >= 15 is 0 Å². The number of Topliss-reactive ketones (excluding diaryl/α,β-unsaturated/α-hetero) is 1. The Balaban J connectivity index is 5.38. The first-order valence-corrected chi connectivity index (χ1v) is 18.5. The predicted octanol–water partition coefficient (Wildman–Crippen LogP) is 7.93. The molecule has 0 saturated heterocycles. The van der Waals surface area contributed by atoms with E-state index in [9.17, 15) is 4.79 Å². The maximum absolute atomic E-state index is 13.1. The average Bonchev–Trinajstić information content (AvgIpc) is 2.60. The molecule has 24 heavy (non-hydrogen) atoms. The zero-order valence-electron chi connectivity index (χ0n) is 17.2. The third-order valence-corrected chi connectivity index (χ3v) is 23.0. The first-order chi connectivity index (χ1) is 11.6. The summed E-state index contributed by atoms with van der Waals surface area (Å²) in [6, 6.07) is 0. The molecule has 0 aliphatic heterocycles. The van der Waals surface area contributed by atoms with E-state index in [0.717, 1.165) is 19.3 Å². The quantitative estimate of drug-likeness (QED) is 0.127.